The molecular formula is C28H36N2OS. The third-order valence-electron chi connectivity index (χ3n) is 5.35. The summed E-state index contributed by atoms with van der Waals surface area (Å²) < 4.78 is 0. The van der Waals surface area contributed by atoms with Crippen LogP contribution in [0.5, 0.6) is 5.75 Å². The molecular weight excluding hydrogens is 412 g/mol. The number of para-hydroxylation sites is 1. The highest BCUT2D eigenvalue weighted by Crippen LogP contribution is 2.41. The first kappa shape index (κ1) is 24.1. The van der Waals surface area contributed by atoms with Gasteiger partial charge in [0, 0.05) is 45.4 Å². The van der Waals surface area contributed by atoms with E-state index in [-0.39, 0.29) is 10.8 Å². The van der Waals surface area contributed by atoms with Gasteiger partial charge in [-0.15, -0.1) is 11.8 Å². The van der Waals surface area contributed by atoms with Gasteiger partial charge in [0.15, 0.2) is 0 Å². The van der Waals surface area contributed by atoms with Crippen LogP contribution in [0, 0.1) is 0 Å². The van der Waals surface area contributed by atoms with E-state index in [1.807, 2.05) is 30.0 Å². The second-order valence-electron chi connectivity index (χ2n) is 10.2. The van der Waals surface area contributed by atoms with Crippen LogP contribution in [0.4, 0.5) is 17.1 Å². The summed E-state index contributed by atoms with van der Waals surface area (Å²) in [6.45, 7) is 13.8. The van der Waals surface area contributed by atoms with Crippen molar-refractivity contribution in [2.24, 2.45) is 0 Å². The van der Waals surface area contributed by atoms with Gasteiger partial charge in [-0.3, -0.25) is 0 Å². The Balaban J connectivity index is 1.59. The lowest BCUT2D eigenvalue weighted by molar-refractivity contribution is 0.422. The molecule has 32 heavy (non-hydrogen) atoms. The highest BCUT2D eigenvalue weighted by Gasteiger charge is 2.26. The molecule has 3 aromatic rings. The Bertz CT molecular complexity index is 981. The minimum atomic E-state index is -0.103. The Morgan fingerprint density at radius 3 is 1.75 bits per heavy atom. The molecule has 0 spiro atoms. The first-order chi connectivity index (χ1) is 15.0. The van der Waals surface area contributed by atoms with E-state index >= 15 is 0 Å². The summed E-state index contributed by atoms with van der Waals surface area (Å²) in [5.74, 6) is 1.39. The van der Waals surface area contributed by atoms with Crippen LogP contribution in [-0.2, 0) is 10.8 Å². The smallest absolute Gasteiger partial charge is 0.123 e. The van der Waals surface area contributed by atoms with E-state index in [2.05, 4.69) is 101 Å². The molecule has 3 aromatic carbocycles. The van der Waals surface area contributed by atoms with Gasteiger partial charge < -0.3 is 15.7 Å². The van der Waals surface area contributed by atoms with Crippen molar-refractivity contribution in [3.8, 4) is 5.75 Å². The van der Waals surface area contributed by atoms with Gasteiger partial charge in [-0.05, 0) is 59.4 Å². The normalized spacial score (nSPS) is 11.9. The maximum atomic E-state index is 10.9. The number of nitrogens with one attached hydrogen (secondary N) is 2. The van der Waals surface area contributed by atoms with Crippen LogP contribution in [0.1, 0.15) is 52.7 Å². The summed E-state index contributed by atoms with van der Waals surface area (Å²) in [4.78, 5) is 1.21. The van der Waals surface area contributed by atoms with E-state index in [1.54, 1.807) is 0 Å². The molecule has 0 bridgehead atoms. The highest BCUT2D eigenvalue weighted by atomic mass is 32.2. The van der Waals surface area contributed by atoms with Gasteiger partial charge in [0.2, 0.25) is 0 Å². The molecule has 0 aliphatic rings. The monoisotopic (exact) mass is 448 g/mol. The predicted molar refractivity (Wildman–Crippen MR) is 141 cm³/mol. The number of anilines is 3. The van der Waals surface area contributed by atoms with Crippen LogP contribution >= 0.6 is 11.8 Å². The molecule has 0 aromatic heterocycles. The molecule has 0 unspecified atom stereocenters. The topological polar surface area (TPSA) is 44.3 Å². The number of rotatable bonds is 7. The molecule has 3 rings (SSSR count). The summed E-state index contributed by atoms with van der Waals surface area (Å²) in [7, 11) is 0. The van der Waals surface area contributed by atoms with Crippen molar-refractivity contribution in [1.82, 2.24) is 0 Å². The van der Waals surface area contributed by atoms with Gasteiger partial charge in [0.1, 0.15) is 5.75 Å². The molecule has 4 heteroatoms. The number of thioether (sulfide) groups is 1. The number of aromatic hydroxyl groups is 1. The van der Waals surface area contributed by atoms with Crippen LogP contribution in [0.2, 0.25) is 0 Å². The van der Waals surface area contributed by atoms with Gasteiger partial charge in [0.25, 0.3) is 0 Å². The minimum Gasteiger partial charge on any atom is -0.507 e. The summed E-state index contributed by atoms with van der Waals surface area (Å²) in [6.07, 6.45) is 0. The van der Waals surface area contributed by atoms with E-state index in [4.69, 9.17) is 0 Å². The van der Waals surface area contributed by atoms with Crippen molar-refractivity contribution >= 4 is 28.8 Å². The fourth-order valence-corrected chi connectivity index (χ4v) is 4.40. The Morgan fingerprint density at radius 2 is 1.22 bits per heavy atom. The maximum Gasteiger partial charge on any atom is 0.123 e. The van der Waals surface area contributed by atoms with Gasteiger partial charge >= 0.3 is 0 Å². The molecule has 0 saturated heterocycles. The zero-order valence-electron chi connectivity index (χ0n) is 20.1. The quantitative estimate of drug-likeness (QED) is 0.253. The molecule has 170 valence electrons. The van der Waals surface area contributed by atoms with Gasteiger partial charge in [-0.2, -0.15) is 0 Å². The number of hydrogen-bond acceptors (Lipinski definition) is 4. The van der Waals surface area contributed by atoms with Crippen molar-refractivity contribution in [2.75, 3.05) is 22.9 Å². The number of phenolic OH excluding ortho intramolecular Hbond substituents is 1. The second kappa shape index (κ2) is 9.91. The lowest BCUT2D eigenvalue weighted by Gasteiger charge is -2.28. The Hall–Kier alpha value is -2.59. The number of hydrogen-bond donors (Lipinski definition) is 3. The van der Waals surface area contributed by atoms with E-state index in [0.717, 1.165) is 40.5 Å². The van der Waals surface area contributed by atoms with Crippen molar-refractivity contribution in [3.63, 3.8) is 0 Å². The Kier molecular flexibility index (Phi) is 7.45. The third-order valence-corrected chi connectivity index (χ3v) is 6.32. The summed E-state index contributed by atoms with van der Waals surface area (Å²) >= 11 is 1.83. The zero-order valence-corrected chi connectivity index (χ0v) is 20.9. The van der Waals surface area contributed by atoms with Crippen LogP contribution in [0.15, 0.2) is 71.6 Å². The zero-order chi connectivity index (χ0) is 23.4. The fourth-order valence-electron chi connectivity index (χ4n) is 3.56. The van der Waals surface area contributed by atoms with Crippen LogP contribution in [-0.4, -0.2) is 17.4 Å². The van der Waals surface area contributed by atoms with Crippen molar-refractivity contribution < 1.29 is 5.11 Å². The Morgan fingerprint density at radius 1 is 0.719 bits per heavy atom. The van der Waals surface area contributed by atoms with E-state index in [1.165, 1.54) is 4.90 Å². The first-order valence-electron chi connectivity index (χ1n) is 11.2. The number of phenols is 1. The molecule has 0 heterocycles. The van der Waals surface area contributed by atoms with E-state index < -0.39 is 0 Å². The molecule has 0 saturated carbocycles. The molecule has 3 N–H and O–H groups in total. The largest absolute Gasteiger partial charge is 0.507 e. The number of benzene rings is 3. The van der Waals surface area contributed by atoms with Crippen LogP contribution < -0.4 is 10.6 Å². The molecule has 3 nitrogen and oxygen atoms in total. The standard InChI is InChI=1S/C28H36N2OS/c1-27(2,3)24-18-23(19-25(26(24)31)28(4,5)6)32-17-16-29-20-12-14-22(15-13-20)30-21-10-8-7-9-11-21/h7-15,18-19,29-31H,16-17H2,1-6H3. The SMILES string of the molecule is CC(C)(C)c1cc(SCCNc2ccc(Nc3ccccc3)cc2)cc(C(C)(C)C)c1O. The lowest BCUT2D eigenvalue weighted by Crippen LogP contribution is -2.17. The minimum absolute atomic E-state index is 0.103. The summed E-state index contributed by atoms with van der Waals surface area (Å²) in [5.41, 5.74) is 5.10. The molecule has 0 fully saturated rings. The van der Waals surface area contributed by atoms with Crippen molar-refractivity contribution in [3.05, 3.63) is 77.9 Å². The van der Waals surface area contributed by atoms with E-state index in [0.29, 0.717) is 5.75 Å². The molecule has 0 amide bonds. The predicted octanol–water partition coefficient (Wildman–Crippen LogP) is 7.94. The average Bonchev–Trinajstić information content (AvgIpc) is 2.72. The maximum absolute atomic E-state index is 10.9. The molecule has 0 atom stereocenters. The van der Waals surface area contributed by atoms with Crippen LogP contribution in [0.25, 0.3) is 0 Å². The average molecular weight is 449 g/mol. The summed E-state index contributed by atoms with van der Waals surface area (Å²) in [5, 5.41) is 17.8. The molecule has 0 aliphatic heterocycles. The highest BCUT2D eigenvalue weighted by molar-refractivity contribution is 7.99. The summed E-state index contributed by atoms with van der Waals surface area (Å²) in [6, 6.07) is 22.9. The lowest BCUT2D eigenvalue weighted by atomic mass is 9.79. The van der Waals surface area contributed by atoms with E-state index in [9.17, 15) is 5.11 Å². The second-order valence-corrected chi connectivity index (χ2v) is 11.4. The Labute approximate surface area is 197 Å². The van der Waals surface area contributed by atoms with Crippen molar-refractivity contribution in [1.29, 1.82) is 0 Å². The third kappa shape index (κ3) is 6.46. The fraction of sp³-hybridized carbons (Fsp3) is 0.357. The van der Waals surface area contributed by atoms with Crippen molar-refractivity contribution in [2.45, 2.75) is 57.3 Å². The molecule has 0 radical (unpaired) electrons. The van der Waals surface area contributed by atoms with Crippen LogP contribution in [0.3, 0.4) is 0 Å². The van der Waals surface area contributed by atoms with Gasteiger partial charge in [-0.1, -0.05) is 59.7 Å². The van der Waals surface area contributed by atoms with Gasteiger partial charge in [-0.25, -0.2) is 0 Å². The first-order valence-corrected chi connectivity index (χ1v) is 12.2. The molecule has 0 aliphatic carbocycles. The van der Waals surface area contributed by atoms with Gasteiger partial charge in [0.05, 0.1) is 0 Å².